The molecule has 1 amide bonds. The Morgan fingerprint density at radius 3 is 2.74 bits per heavy atom. The molecule has 0 radical (unpaired) electrons. The number of hydrogen-bond acceptors (Lipinski definition) is 4. The van der Waals surface area contributed by atoms with E-state index in [1.54, 1.807) is 11.9 Å². The van der Waals surface area contributed by atoms with Gasteiger partial charge in [0, 0.05) is 13.6 Å². The van der Waals surface area contributed by atoms with Crippen molar-refractivity contribution in [2.75, 3.05) is 33.4 Å². The van der Waals surface area contributed by atoms with Crippen molar-refractivity contribution in [3.63, 3.8) is 0 Å². The van der Waals surface area contributed by atoms with E-state index in [4.69, 9.17) is 9.84 Å². The fourth-order valence-electron chi connectivity index (χ4n) is 2.98. The van der Waals surface area contributed by atoms with Gasteiger partial charge in [0.05, 0.1) is 24.7 Å². The number of piperidine rings is 1. The number of carbonyl (C=O) groups excluding carboxylic acids is 1. The molecule has 2 aliphatic heterocycles. The first-order valence-corrected chi connectivity index (χ1v) is 6.74. The van der Waals surface area contributed by atoms with E-state index in [1.807, 2.05) is 6.92 Å². The number of ether oxygens (including phenoxy) is 1. The van der Waals surface area contributed by atoms with Crippen LogP contribution >= 0.6 is 0 Å². The van der Waals surface area contributed by atoms with E-state index in [0.29, 0.717) is 13.2 Å². The van der Waals surface area contributed by atoms with Gasteiger partial charge in [-0.2, -0.15) is 0 Å². The van der Waals surface area contributed by atoms with Gasteiger partial charge in [0.1, 0.15) is 5.92 Å². The topological polar surface area (TPSA) is 78.9 Å². The summed E-state index contributed by atoms with van der Waals surface area (Å²) >= 11 is 0. The second-order valence-electron chi connectivity index (χ2n) is 5.81. The molecule has 2 fully saturated rings. The second kappa shape index (κ2) is 5.46. The summed E-state index contributed by atoms with van der Waals surface area (Å²) < 4.78 is 5.23. The fraction of sp³-hybridized carbons (Fsp3) is 0.846. The molecule has 2 aliphatic rings. The highest BCUT2D eigenvalue weighted by molar-refractivity contribution is 5.84. The number of carboxylic acids is 1. The summed E-state index contributed by atoms with van der Waals surface area (Å²) in [4.78, 5) is 25.4. The Balaban J connectivity index is 2.08. The number of rotatable bonds is 3. The molecule has 0 aromatic rings. The van der Waals surface area contributed by atoms with Gasteiger partial charge in [-0.1, -0.05) is 0 Å². The first kappa shape index (κ1) is 14.3. The van der Waals surface area contributed by atoms with Gasteiger partial charge < -0.3 is 20.1 Å². The van der Waals surface area contributed by atoms with E-state index in [9.17, 15) is 9.59 Å². The summed E-state index contributed by atoms with van der Waals surface area (Å²) in [5, 5.41) is 12.4. The Bertz CT molecular complexity index is 366. The van der Waals surface area contributed by atoms with Gasteiger partial charge in [-0.15, -0.1) is 0 Å². The maximum absolute atomic E-state index is 12.6. The Morgan fingerprint density at radius 1 is 1.42 bits per heavy atom. The maximum atomic E-state index is 12.6. The van der Waals surface area contributed by atoms with Crippen LogP contribution in [0.5, 0.6) is 0 Å². The monoisotopic (exact) mass is 270 g/mol. The molecule has 0 saturated carbocycles. The number of likely N-dealkylation sites (N-methyl/N-ethyl adjacent to an activating group) is 1. The highest BCUT2D eigenvalue weighted by Gasteiger charge is 2.43. The zero-order valence-corrected chi connectivity index (χ0v) is 11.5. The molecule has 108 valence electrons. The van der Waals surface area contributed by atoms with Crippen LogP contribution in [0.2, 0.25) is 0 Å². The van der Waals surface area contributed by atoms with Crippen LogP contribution in [0.4, 0.5) is 0 Å². The van der Waals surface area contributed by atoms with Crippen molar-refractivity contribution >= 4 is 11.9 Å². The minimum absolute atomic E-state index is 0.0152. The second-order valence-corrected chi connectivity index (χ2v) is 5.81. The molecule has 0 aromatic carbocycles. The number of hydrogen-bond donors (Lipinski definition) is 2. The molecule has 6 nitrogen and oxygen atoms in total. The zero-order valence-electron chi connectivity index (χ0n) is 11.5. The number of aliphatic carboxylic acids is 1. The number of nitrogens with one attached hydrogen (secondary N) is 1. The lowest BCUT2D eigenvalue weighted by Gasteiger charge is -2.38. The minimum Gasteiger partial charge on any atom is -0.481 e. The smallest absolute Gasteiger partial charge is 0.311 e. The van der Waals surface area contributed by atoms with Gasteiger partial charge in [0.15, 0.2) is 0 Å². The number of nitrogens with zero attached hydrogens (tertiary/aromatic N) is 1. The van der Waals surface area contributed by atoms with E-state index in [0.717, 1.165) is 19.4 Å². The molecule has 19 heavy (non-hydrogen) atoms. The molecule has 3 atom stereocenters. The first-order valence-electron chi connectivity index (χ1n) is 6.74. The third-order valence-corrected chi connectivity index (χ3v) is 4.30. The van der Waals surface area contributed by atoms with Crippen molar-refractivity contribution in [2.24, 2.45) is 11.3 Å². The van der Waals surface area contributed by atoms with Crippen LogP contribution in [-0.4, -0.2) is 61.3 Å². The predicted octanol–water partition coefficient (Wildman–Crippen LogP) is -0.0659. The van der Waals surface area contributed by atoms with Crippen molar-refractivity contribution in [1.29, 1.82) is 0 Å². The summed E-state index contributed by atoms with van der Waals surface area (Å²) in [6, 6.07) is -0.358. The standard InChI is InChI=1S/C13H22N2O4/c1-13(4-3-5-14-8-13)12(18)15(2)10-7-19-6-9(10)11(16)17/h9-10,14H,3-8H2,1-2H3,(H,16,17). The van der Waals surface area contributed by atoms with Crippen molar-refractivity contribution in [3.05, 3.63) is 0 Å². The first-order chi connectivity index (χ1) is 8.96. The zero-order chi connectivity index (χ0) is 14.0. The lowest BCUT2D eigenvalue weighted by atomic mass is 9.81. The average molecular weight is 270 g/mol. The van der Waals surface area contributed by atoms with Gasteiger partial charge in [-0.3, -0.25) is 9.59 Å². The predicted molar refractivity (Wildman–Crippen MR) is 68.7 cm³/mol. The summed E-state index contributed by atoms with van der Waals surface area (Å²) in [6.45, 7) is 4.04. The van der Waals surface area contributed by atoms with E-state index in [-0.39, 0.29) is 18.6 Å². The van der Waals surface area contributed by atoms with E-state index < -0.39 is 17.3 Å². The van der Waals surface area contributed by atoms with Crippen LogP contribution in [0.3, 0.4) is 0 Å². The molecule has 2 saturated heterocycles. The van der Waals surface area contributed by atoms with Crippen molar-refractivity contribution in [3.8, 4) is 0 Å². The highest BCUT2D eigenvalue weighted by atomic mass is 16.5. The minimum atomic E-state index is -0.894. The van der Waals surface area contributed by atoms with Crippen LogP contribution < -0.4 is 5.32 Å². The molecule has 2 heterocycles. The lowest BCUT2D eigenvalue weighted by Crippen LogP contribution is -2.54. The lowest BCUT2D eigenvalue weighted by molar-refractivity contribution is -0.148. The SMILES string of the molecule is CN(C(=O)C1(C)CCCNC1)C1COCC1C(=O)O. The van der Waals surface area contributed by atoms with Crippen LogP contribution in [-0.2, 0) is 14.3 Å². The van der Waals surface area contributed by atoms with E-state index >= 15 is 0 Å². The summed E-state index contributed by atoms with van der Waals surface area (Å²) in [5.41, 5.74) is -0.432. The van der Waals surface area contributed by atoms with Gasteiger partial charge in [-0.05, 0) is 26.3 Å². The highest BCUT2D eigenvalue weighted by Crippen LogP contribution is 2.30. The molecule has 6 heteroatoms. The van der Waals surface area contributed by atoms with Gasteiger partial charge in [-0.25, -0.2) is 0 Å². The molecular weight excluding hydrogens is 248 g/mol. The number of amides is 1. The normalized spacial score (nSPS) is 35.1. The van der Waals surface area contributed by atoms with E-state index in [2.05, 4.69) is 5.32 Å². The van der Waals surface area contributed by atoms with Gasteiger partial charge in [0.25, 0.3) is 0 Å². The number of carboxylic acid groups (broad SMARTS) is 1. The molecular formula is C13H22N2O4. The van der Waals surface area contributed by atoms with Crippen molar-refractivity contribution in [1.82, 2.24) is 10.2 Å². The molecule has 2 rings (SSSR count). The molecule has 3 unspecified atom stereocenters. The molecule has 2 N–H and O–H groups in total. The van der Waals surface area contributed by atoms with Crippen LogP contribution in [0.15, 0.2) is 0 Å². The third-order valence-electron chi connectivity index (χ3n) is 4.30. The summed E-state index contributed by atoms with van der Waals surface area (Å²) in [5.74, 6) is -1.50. The Labute approximate surface area is 113 Å². The van der Waals surface area contributed by atoms with Crippen molar-refractivity contribution < 1.29 is 19.4 Å². The van der Waals surface area contributed by atoms with Crippen molar-refractivity contribution in [2.45, 2.75) is 25.8 Å². The molecule has 0 aromatic heterocycles. The van der Waals surface area contributed by atoms with Crippen LogP contribution in [0, 0.1) is 11.3 Å². The van der Waals surface area contributed by atoms with Gasteiger partial charge >= 0.3 is 5.97 Å². The average Bonchev–Trinajstić information content (AvgIpc) is 2.87. The third kappa shape index (κ3) is 2.74. The van der Waals surface area contributed by atoms with Crippen LogP contribution in [0.25, 0.3) is 0 Å². The number of carbonyl (C=O) groups is 2. The molecule has 0 bridgehead atoms. The van der Waals surface area contributed by atoms with Gasteiger partial charge in [0.2, 0.25) is 5.91 Å². The molecule has 0 aliphatic carbocycles. The maximum Gasteiger partial charge on any atom is 0.311 e. The quantitative estimate of drug-likeness (QED) is 0.751. The Morgan fingerprint density at radius 2 is 2.16 bits per heavy atom. The molecule has 0 spiro atoms. The summed E-state index contributed by atoms with van der Waals surface area (Å²) in [7, 11) is 1.69. The largest absolute Gasteiger partial charge is 0.481 e. The Kier molecular flexibility index (Phi) is 4.10. The van der Waals surface area contributed by atoms with Crippen LogP contribution in [0.1, 0.15) is 19.8 Å². The Hall–Kier alpha value is -1.14. The summed E-state index contributed by atoms with van der Waals surface area (Å²) in [6.07, 6.45) is 1.81. The van der Waals surface area contributed by atoms with E-state index in [1.165, 1.54) is 0 Å². The fourth-order valence-corrected chi connectivity index (χ4v) is 2.98.